The number of likely N-dealkylation sites (tertiary alicyclic amines) is 1. The molecule has 6 nitrogen and oxygen atoms in total. The van der Waals surface area contributed by atoms with Crippen molar-refractivity contribution in [3.63, 3.8) is 0 Å². The number of fused-ring (bicyclic) bond motifs is 1. The van der Waals surface area contributed by atoms with Crippen LogP contribution in [0.15, 0.2) is 30.3 Å². The van der Waals surface area contributed by atoms with Gasteiger partial charge in [-0.1, -0.05) is 43.2 Å². The van der Waals surface area contributed by atoms with Gasteiger partial charge < -0.3 is 4.90 Å². The van der Waals surface area contributed by atoms with E-state index in [4.69, 9.17) is 0 Å². The molecule has 3 amide bonds. The van der Waals surface area contributed by atoms with Gasteiger partial charge in [0.2, 0.25) is 17.7 Å². The lowest BCUT2D eigenvalue weighted by atomic mass is 9.81. The van der Waals surface area contributed by atoms with Crippen LogP contribution in [0.1, 0.15) is 37.7 Å². The number of benzene rings is 1. The molecule has 7 heteroatoms. The third kappa shape index (κ3) is 4.82. The smallest absolute Gasteiger partial charge is 0.245 e. The lowest BCUT2D eigenvalue weighted by Gasteiger charge is -2.38. The first kappa shape index (κ1) is 22.3. The summed E-state index contributed by atoms with van der Waals surface area (Å²) in [4.78, 5) is 45.3. The van der Waals surface area contributed by atoms with Gasteiger partial charge in [0.15, 0.2) is 0 Å². The van der Waals surface area contributed by atoms with Crippen molar-refractivity contribution in [2.75, 3.05) is 38.2 Å². The summed E-state index contributed by atoms with van der Waals surface area (Å²) in [6.45, 7) is 3.78. The number of rotatable bonds is 7. The predicted octanol–water partition coefficient (Wildman–Crippen LogP) is 2.63. The zero-order valence-electron chi connectivity index (χ0n) is 18.4. The highest BCUT2D eigenvalue weighted by molar-refractivity contribution is 7.98. The fourth-order valence-corrected chi connectivity index (χ4v) is 5.73. The van der Waals surface area contributed by atoms with E-state index in [0.717, 1.165) is 51.1 Å². The fraction of sp³-hybridized carbons (Fsp3) is 0.625. The van der Waals surface area contributed by atoms with Crippen LogP contribution < -0.4 is 0 Å². The summed E-state index contributed by atoms with van der Waals surface area (Å²) in [5.74, 6) is 0.112. The Morgan fingerprint density at radius 1 is 1.00 bits per heavy atom. The lowest BCUT2D eigenvalue weighted by Crippen LogP contribution is -2.56. The molecule has 0 N–H and O–H groups in total. The van der Waals surface area contributed by atoms with Crippen molar-refractivity contribution in [3.05, 3.63) is 35.9 Å². The zero-order chi connectivity index (χ0) is 21.8. The predicted molar refractivity (Wildman–Crippen MR) is 122 cm³/mol. The molecule has 168 valence electrons. The number of imide groups is 1. The van der Waals surface area contributed by atoms with Gasteiger partial charge in [0, 0.05) is 32.7 Å². The fourth-order valence-electron chi connectivity index (χ4n) is 5.27. The van der Waals surface area contributed by atoms with Crippen molar-refractivity contribution in [3.8, 4) is 0 Å². The van der Waals surface area contributed by atoms with E-state index in [9.17, 15) is 14.4 Å². The van der Waals surface area contributed by atoms with E-state index in [1.165, 1.54) is 10.5 Å². The van der Waals surface area contributed by atoms with Crippen LogP contribution in [-0.4, -0.2) is 76.7 Å². The van der Waals surface area contributed by atoms with E-state index in [-0.39, 0.29) is 29.6 Å². The van der Waals surface area contributed by atoms with Gasteiger partial charge in [-0.3, -0.25) is 24.2 Å². The molecule has 2 aliphatic heterocycles. The maximum atomic E-state index is 13.5. The summed E-state index contributed by atoms with van der Waals surface area (Å²) in [5, 5.41) is 0. The van der Waals surface area contributed by atoms with Crippen LogP contribution in [0, 0.1) is 11.8 Å². The van der Waals surface area contributed by atoms with Crippen LogP contribution in [0.2, 0.25) is 0 Å². The third-order valence-electron chi connectivity index (χ3n) is 7.00. The molecule has 2 heterocycles. The second kappa shape index (κ2) is 10.2. The molecule has 4 rings (SSSR count). The number of amides is 3. The van der Waals surface area contributed by atoms with Crippen molar-refractivity contribution < 1.29 is 14.4 Å². The van der Waals surface area contributed by atoms with Crippen molar-refractivity contribution in [1.82, 2.24) is 14.7 Å². The van der Waals surface area contributed by atoms with Crippen LogP contribution in [0.25, 0.3) is 0 Å². The van der Waals surface area contributed by atoms with Crippen LogP contribution in [0.4, 0.5) is 0 Å². The van der Waals surface area contributed by atoms with Gasteiger partial charge >= 0.3 is 0 Å². The molecule has 3 fully saturated rings. The Bertz CT molecular complexity index is 771. The third-order valence-corrected chi connectivity index (χ3v) is 7.64. The van der Waals surface area contributed by atoms with E-state index in [1.807, 2.05) is 29.4 Å². The van der Waals surface area contributed by atoms with Gasteiger partial charge in [-0.15, -0.1) is 0 Å². The molecule has 0 radical (unpaired) electrons. The molecule has 31 heavy (non-hydrogen) atoms. The zero-order valence-corrected chi connectivity index (χ0v) is 19.2. The number of carbonyl (C=O) groups is 3. The Kier molecular flexibility index (Phi) is 7.33. The number of thioether (sulfide) groups is 1. The van der Waals surface area contributed by atoms with Crippen molar-refractivity contribution >= 4 is 29.5 Å². The molecule has 3 atom stereocenters. The monoisotopic (exact) mass is 443 g/mol. The first-order valence-corrected chi connectivity index (χ1v) is 12.9. The van der Waals surface area contributed by atoms with Gasteiger partial charge in [-0.25, -0.2) is 0 Å². The molecule has 2 saturated heterocycles. The molecule has 0 aromatic heterocycles. The molecule has 0 unspecified atom stereocenters. The first-order valence-electron chi connectivity index (χ1n) is 11.5. The van der Waals surface area contributed by atoms with Crippen molar-refractivity contribution in [1.29, 1.82) is 0 Å². The van der Waals surface area contributed by atoms with E-state index >= 15 is 0 Å². The Hall–Kier alpha value is -1.86. The largest absolute Gasteiger partial charge is 0.338 e. The number of hydrogen-bond acceptors (Lipinski definition) is 5. The van der Waals surface area contributed by atoms with Crippen LogP contribution in [0.3, 0.4) is 0 Å². The minimum Gasteiger partial charge on any atom is -0.338 e. The average molecular weight is 444 g/mol. The Labute approximate surface area is 189 Å². The highest BCUT2D eigenvalue weighted by Gasteiger charge is 2.52. The van der Waals surface area contributed by atoms with Gasteiger partial charge in [-0.2, -0.15) is 11.8 Å². The quantitative estimate of drug-likeness (QED) is 0.607. The topological polar surface area (TPSA) is 60.9 Å². The molecule has 0 bridgehead atoms. The summed E-state index contributed by atoms with van der Waals surface area (Å²) in [6, 6.07) is 9.73. The highest BCUT2D eigenvalue weighted by Crippen LogP contribution is 2.39. The molecular formula is C24H33N3O3S. The van der Waals surface area contributed by atoms with Crippen molar-refractivity contribution in [2.45, 2.75) is 44.7 Å². The standard InChI is InChI=1S/C24H33N3O3S/c1-31-16-11-21(27-22(28)19-9-5-6-10-20(19)23(27)29)24(30)26-14-12-25(13-15-26)17-18-7-3-2-4-8-18/h2-4,7-8,19-21H,5-6,9-17H2,1H3/t19-,20-,21+/m0/s1. The van der Waals surface area contributed by atoms with Gasteiger partial charge in [-0.05, 0) is 36.8 Å². The summed E-state index contributed by atoms with van der Waals surface area (Å²) < 4.78 is 0. The van der Waals surface area contributed by atoms with Gasteiger partial charge in [0.25, 0.3) is 0 Å². The van der Waals surface area contributed by atoms with Crippen LogP contribution in [-0.2, 0) is 20.9 Å². The maximum Gasteiger partial charge on any atom is 0.245 e. The minimum atomic E-state index is -0.640. The maximum absolute atomic E-state index is 13.5. The lowest BCUT2D eigenvalue weighted by molar-refractivity contribution is -0.152. The van der Waals surface area contributed by atoms with Crippen LogP contribution in [0.5, 0.6) is 0 Å². The Balaban J connectivity index is 1.42. The normalized spacial score (nSPS) is 25.6. The summed E-state index contributed by atoms with van der Waals surface area (Å²) in [5.41, 5.74) is 1.27. The van der Waals surface area contributed by atoms with Gasteiger partial charge in [0.05, 0.1) is 11.8 Å². The SMILES string of the molecule is CSCC[C@H](C(=O)N1CCN(Cc2ccccc2)CC1)N1C(=O)[C@H]2CCCC[C@@H]2C1=O. The second-order valence-corrected chi connectivity index (χ2v) is 9.91. The number of hydrogen-bond donors (Lipinski definition) is 0. The second-order valence-electron chi connectivity index (χ2n) is 8.93. The summed E-state index contributed by atoms with van der Waals surface area (Å²) in [6.07, 6.45) is 6.11. The summed E-state index contributed by atoms with van der Waals surface area (Å²) in [7, 11) is 0. The summed E-state index contributed by atoms with van der Waals surface area (Å²) >= 11 is 1.65. The van der Waals surface area contributed by atoms with E-state index in [2.05, 4.69) is 17.0 Å². The highest BCUT2D eigenvalue weighted by atomic mass is 32.2. The average Bonchev–Trinajstić information content (AvgIpc) is 3.06. The molecule has 1 aromatic carbocycles. The Morgan fingerprint density at radius 3 is 2.19 bits per heavy atom. The molecular weight excluding hydrogens is 410 g/mol. The number of carbonyl (C=O) groups excluding carboxylic acids is 3. The van der Waals surface area contributed by atoms with E-state index in [1.54, 1.807) is 11.8 Å². The molecule has 1 aliphatic carbocycles. The van der Waals surface area contributed by atoms with Crippen LogP contribution >= 0.6 is 11.8 Å². The molecule has 1 saturated carbocycles. The number of piperazine rings is 1. The molecule has 1 aromatic rings. The van der Waals surface area contributed by atoms with Crippen molar-refractivity contribution in [2.24, 2.45) is 11.8 Å². The Morgan fingerprint density at radius 2 is 1.61 bits per heavy atom. The molecule has 0 spiro atoms. The van der Waals surface area contributed by atoms with E-state index in [0.29, 0.717) is 19.5 Å². The number of nitrogens with zero attached hydrogens (tertiary/aromatic N) is 3. The minimum absolute atomic E-state index is 0.0474. The van der Waals surface area contributed by atoms with E-state index < -0.39 is 6.04 Å². The van der Waals surface area contributed by atoms with Gasteiger partial charge in [0.1, 0.15) is 6.04 Å². The first-order chi connectivity index (χ1) is 15.1. The molecule has 3 aliphatic rings.